The number of ether oxygens (including phenoxy) is 4. The van der Waals surface area contributed by atoms with Crippen LogP contribution in [0.5, 0.6) is 5.75 Å². The maximum atomic E-state index is 11.8. The summed E-state index contributed by atoms with van der Waals surface area (Å²) in [6.45, 7) is 11.1. The Morgan fingerprint density at radius 2 is 1.26 bits per heavy atom. The van der Waals surface area contributed by atoms with E-state index < -0.39 is 47.4 Å². The molecule has 2 amide bonds. The minimum absolute atomic E-state index is 0.218. The molecule has 2 aromatic rings. The molecular formula is C30H42N2O10. The van der Waals surface area contributed by atoms with Crippen molar-refractivity contribution in [2.75, 3.05) is 20.3 Å². The molecular weight excluding hydrogens is 548 g/mol. The zero-order chi connectivity index (χ0) is 31.9. The van der Waals surface area contributed by atoms with Crippen molar-refractivity contribution < 1.29 is 48.3 Å². The van der Waals surface area contributed by atoms with E-state index in [2.05, 4.69) is 10.6 Å². The van der Waals surface area contributed by atoms with Crippen LogP contribution in [-0.4, -0.2) is 71.9 Å². The molecule has 2 atom stereocenters. The first-order chi connectivity index (χ1) is 19.5. The Bertz CT molecular complexity index is 1140. The Morgan fingerprint density at radius 3 is 1.71 bits per heavy atom. The maximum Gasteiger partial charge on any atom is 0.408 e. The molecule has 12 nitrogen and oxygen atoms in total. The number of amides is 2. The summed E-state index contributed by atoms with van der Waals surface area (Å²) in [6.07, 6.45) is -1.30. The van der Waals surface area contributed by atoms with Gasteiger partial charge in [0.1, 0.15) is 29.6 Å². The highest BCUT2D eigenvalue weighted by molar-refractivity contribution is 5.81. The van der Waals surface area contributed by atoms with Gasteiger partial charge in [-0.1, -0.05) is 42.5 Å². The molecule has 0 saturated heterocycles. The van der Waals surface area contributed by atoms with Crippen LogP contribution < -0.4 is 15.4 Å². The van der Waals surface area contributed by atoms with Crippen LogP contribution in [0, 0.1) is 0 Å². The van der Waals surface area contributed by atoms with E-state index in [0.717, 1.165) is 5.56 Å². The van der Waals surface area contributed by atoms with Gasteiger partial charge >= 0.3 is 24.1 Å². The summed E-state index contributed by atoms with van der Waals surface area (Å²) in [5, 5.41) is 23.1. The predicted molar refractivity (Wildman–Crippen MR) is 154 cm³/mol. The zero-order valence-electron chi connectivity index (χ0n) is 25.1. The molecule has 0 spiro atoms. The number of carboxylic acids is 2. The lowest BCUT2D eigenvalue weighted by Crippen LogP contribution is -2.44. The van der Waals surface area contributed by atoms with Crippen LogP contribution >= 0.6 is 0 Å². The van der Waals surface area contributed by atoms with Gasteiger partial charge in [-0.05, 0) is 64.8 Å². The number of carbonyl (C=O) groups is 4. The number of alkyl carbamates (subject to hydrolysis) is 2. The third kappa shape index (κ3) is 15.5. The van der Waals surface area contributed by atoms with Gasteiger partial charge in [0.15, 0.2) is 6.04 Å². The second-order valence-corrected chi connectivity index (χ2v) is 11.1. The quantitative estimate of drug-likeness (QED) is 0.272. The SMILES string of the molecule is CC(C)(C)OC(=O)N[C@@H](Cc1ccccc1)C(=O)O.COCCOc1ccc([C@@H](NC(=O)OC(C)(C)C)C(=O)O)cc1. The van der Waals surface area contributed by atoms with Crippen LogP contribution in [0.15, 0.2) is 54.6 Å². The van der Waals surface area contributed by atoms with E-state index in [0.29, 0.717) is 24.5 Å². The number of hydrogen-bond donors (Lipinski definition) is 4. The normalized spacial score (nSPS) is 12.5. The lowest BCUT2D eigenvalue weighted by atomic mass is 10.1. The summed E-state index contributed by atoms with van der Waals surface area (Å²) in [5.74, 6) is -1.68. The van der Waals surface area contributed by atoms with E-state index in [1.807, 2.05) is 30.3 Å². The molecule has 0 saturated carbocycles. The highest BCUT2D eigenvalue weighted by Gasteiger charge is 2.26. The number of carboxylic acid groups (broad SMARTS) is 2. The number of aliphatic carboxylic acids is 2. The number of methoxy groups -OCH3 is 1. The van der Waals surface area contributed by atoms with Crippen LogP contribution in [0.1, 0.15) is 58.7 Å². The van der Waals surface area contributed by atoms with Crippen LogP contribution in [0.3, 0.4) is 0 Å². The molecule has 0 aliphatic rings. The van der Waals surface area contributed by atoms with Gasteiger partial charge in [-0.2, -0.15) is 0 Å². The Hall–Kier alpha value is -4.32. The highest BCUT2D eigenvalue weighted by atomic mass is 16.6. The maximum absolute atomic E-state index is 11.8. The molecule has 2 aromatic carbocycles. The van der Waals surface area contributed by atoms with Crippen molar-refractivity contribution >= 4 is 24.1 Å². The lowest BCUT2D eigenvalue weighted by molar-refractivity contribution is -0.140. The van der Waals surface area contributed by atoms with Gasteiger partial charge in [0, 0.05) is 13.5 Å². The summed E-state index contributed by atoms with van der Waals surface area (Å²) in [5.41, 5.74) is -0.0973. The Morgan fingerprint density at radius 1 is 0.738 bits per heavy atom. The van der Waals surface area contributed by atoms with Gasteiger partial charge in [-0.15, -0.1) is 0 Å². The second-order valence-electron chi connectivity index (χ2n) is 11.1. The van der Waals surface area contributed by atoms with Crippen LogP contribution in [0.4, 0.5) is 9.59 Å². The standard InChI is InChI=1S/C16H23NO6.C14H19NO4/c1-16(2,3)23-15(20)17-13(14(18)19)11-5-7-12(8-6-11)22-10-9-21-4;1-14(2,3)19-13(18)15-11(12(16)17)9-10-7-5-4-6-8-10/h5-8,13H,9-10H2,1-4H3,(H,17,20)(H,18,19);4-8,11H,9H2,1-3H3,(H,15,18)(H,16,17)/t13-;11-/m10/s1. The number of hydrogen-bond acceptors (Lipinski definition) is 8. The third-order valence-corrected chi connectivity index (χ3v) is 4.95. The van der Waals surface area contributed by atoms with E-state index in [9.17, 15) is 24.3 Å². The molecule has 2 rings (SSSR count). The first-order valence-corrected chi connectivity index (χ1v) is 13.2. The topological polar surface area (TPSA) is 170 Å². The molecule has 0 aromatic heterocycles. The van der Waals surface area contributed by atoms with Gasteiger partial charge in [0.05, 0.1) is 6.61 Å². The molecule has 0 radical (unpaired) electrons. The second kappa shape index (κ2) is 16.8. The van der Waals surface area contributed by atoms with Crippen LogP contribution in [0.2, 0.25) is 0 Å². The molecule has 4 N–H and O–H groups in total. The van der Waals surface area contributed by atoms with Gasteiger partial charge in [0.2, 0.25) is 0 Å². The summed E-state index contributed by atoms with van der Waals surface area (Å²) in [4.78, 5) is 45.8. The minimum atomic E-state index is -1.20. The van der Waals surface area contributed by atoms with Crippen molar-refractivity contribution in [1.82, 2.24) is 10.6 Å². The average molecular weight is 591 g/mol. The van der Waals surface area contributed by atoms with E-state index in [1.54, 1.807) is 72.9 Å². The molecule has 232 valence electrons. The van der Waals surface area contributed by atoms with Gasteiger partial charge in [-0.25, -0.2) is 19.2 Å². The molecule has 0 unspecified atom stereocenters. The van der Waals surface area contributed by atoms with Gasteiger partial charge < -0.3 is 39.8 Å². The Labute approximate surface area is 246 Å². The largest absolute Gasteiger partial charge is 0.491 e. The number of carbonyl (C=O) groups excluding carboxylic acids is 2. The molecule has 12 heteroatoms. The van der Waals surface area contributed by atoms with Crippen molar-refractivity contribution in [2.45, 2.75) is 71.2 Å². The molecule has 0 aliphatic heterocycles. The molecule has 0 aliphatic carbocycles. The fourth-order valence-electron chi connectivity index (χ4n) is 3.21. The van der Waals surface area contributed by atoms with Crippen molar-refractivity contribution in [3.8, 4) is 5.75 Å². The minimum Gasteiger partial charge on any atom is -0.491 e. The van der Waals surface area contributed by atoms with E-state index >= 15 is 0 Å². The third-order valence-electron chi connectivity index (χ3n) is 4.95. The molecule has 0 bridgehead atoms. The number of nitrogens with one attached hydrogen (secondary N) is 2. The fraction of sp³-hybridized carbons (Fsp3) is 0.467. The summed E-state index contributed by atoms with van der Waals surface area (Å²) in [6, 6.07) is 13.4. The van der Waals surface area contributed by atoms with E-state index in [-0.39, 0.29) is 6.42 Å². The Balaban J connectivity index is 0.000000428. The predicted octanol–water partition coefficient (Wildman–Crippen LogP) is 4.57. The molecule has 0 heterocycles. The molecule has 42 heavy (non-hydrogen) atoms. The van der Waals surface area contributed by atoms with Crippen molar-refractivity contribution in [2.24, 2.45) is 0 Å². The number of rotatable bonds is 11. The average Bonchev–Trinajstić information content (AvgIpc) is 2.86. The highest BCUT2D eigenvalue weighted by Crippen LogP contribution is 2.19. The first-order valence-electron chi connectivity index (χ1n) is 13.2. The number of benzene rings is 2. The fourth-order valence-corrected chi connectivity index (χ4v) is 3.21. The monoisotopic (exact) mass is 590 g/mol. The summed E-state index contributed by atoms with van der Waals surface area (Å²) >= 11 is 0. The summed E-state index contributed by atoms with van der Waals surface area (Å²) in [7, 11) is 1.58. The van der Waals surface area contributed by atoms with Crippen molar-refractivity contribution in [3.63, 3.8) is 0 Å². The van der Waals surface area contributed by atoms with Crippen LogP contribution in [0.25, 0.3) is 0 Å². The first kappa shape index (κ1) is 35.7. The Kier molecular flexibility index (Phi) is 14.3. The van der Waals surface area contributed by atoms with Gasteiger partial charge in [0.25, 0.3) is 0 Å². The van der Waals surface area contributed by atoms with E-state index in [4.69, 9.17) is 24.1 Å². The van der Waals surface area contributed by atoms with E-state index in [1.165, 1.54) is 0 Å². The zero-order valence-corrected chi connectivity index (χ0v) is 25.1. The lowest BCUT2D eigenvalue weighted by Gasteiger charge is -2.22. The van der Waals surface area contributed by atoms with Crippen molar-refractivity contribution in [1.29, 1.82) is 0 Å². The van der Waals surface area contributed by atoms with Gasteiger partial charge in [-0.3, -0.25) is 0 Å². The van der Waals surface area contributed by atoms with Crippen LogP contribution in [-0.2, 0) is 30.2 Å². The molecule has 0 fully saturated rings. The summed E-state index contributed by atoms with van der Waals surface area (Å²) < 4.78 is 20.4. The van der Waals surface area contributed by atoms with Crippen molar-refractivity contribution in [3.05, 3.63) is 65.7 Å². The smallest absolute Gasteiger partial charge is 0.408 e.